The minimum absolute atomic E-state index is 0.893. The van der Waals surface area contributed by atoms with Gasteiger partial charge in [-0.25, -0.2) is 0 Å². The van der Waals surface area contributed by atoms with E-state index in [0.29, 0.717) is 0 Å². The van der Waals surface area contributed by atoms with Crippen LogP contribution in [0, 0.1) is 0 Å². The van der Waals surface area contributed by atoms with Crippen LogP contribution in [0.3, 0.4) is 0 Å². The third kappa shape index (κ3) is 3.39. The molecule has 10 heteroatoms. The normalized spacial score (nSPS) is 33.6. The van der Waals surface area contributed by atoms with E-state index in [2.05, 4.69) is 0 Å². The minimum atomic E-state index is -2.46. The van der Waals surface area contributed by atoms with Crippen molar-refractivity contribution < 1.29 is 26.4 Å². The Morgan fingerprint density at radius 3 is 2.18 bits per heavy atom. The number of rotatable bonds is 1. The predicted molar refractivity (Wildman–Crippen MR) is 45.1 cm³/mol. The fraction of sp³-hybridized carbons (Fsp3) is 0. The maximum absolute atomic E-state index is 10.4. The van der Waals surface area contributed by atoms with Gasteiger partial charge in [-0.15, -0.1) is 0 Å². The summed E-state index contributed by atoms with van der Waals surface area (Å²) in [7, 11) is -5.60. The molecule has 0 unspecified atom stereocenters. The van der Waals surface area contributed by atoms with Gasteiger partial charge in [-0.05, 0) is 0 Å². The Morgan fingerprint density at radius 2 is 1.73 bits per heavy atom. The molecule has 1 aliphatic rings. The van der Waals surface area contributed by atoms with E-state index in [1.165, 1.54) is 0 Å². The van der Waals surface area contributed by atoms with Crippen molar-refractivity contribution in [3.05, 3.63) is 0 Å². The molecule has 11 heavy (non-hydrogen) atoms. The average molecular weight is 228 g/mol. The summed E-state index contributed by atoms with van der Waals surface area (Å²) >= 11 is 0. The van der Waals surface area contributed by atoms with E-state index in [1.54, 1.807) is 0 Å². The van der Waals surface area contributed by atoms with Gasteiger partial charge in [-0.3, -0.25) is 4.79 Å². The molecule has 1 N–H and O–H groups in total. The lowest BCUT2D eigenvalue weighted by Crippen LogP contribution is -2.38. The Balaban J connectivity index is 2.32. The van der Waals surface area contributed by atoms with Crippen LogP contribution in [0.2, 0.25) is 0 Å². The first kappa shape index (κ1) is 9.27. The van der Waals surface area contributed by atoms with Crippen molar-refractivity contribution in [3.63, 3.8) is 0 Å². The molecule has 0 aromatic carbocycles. The van der Waals surface area contributed by atoms with Crippen molar-refractivity contribution in [2.45, 2.75) is 0 Å². The second-order valence-electron chi connectivity index (χ2n) is 1.77. The molecule has 1 fully saturated rings. The molecule has 0 aromatic heterocycles. The molecule has 0 amide bonds. The van der Waals surface area contributed by atoms with Gasteiger partial charge in [0.05, 0.1) is 0 Å². The Kier molecular flexibility index (Phi) is 4.16. The Morgan fingerprint density at radius 1 is 1.18 bits per heavy atom. The number of carbonyl (C=O) groups is 1. The zero-order valence-electron chi connectivity index (χ0n) is 5.69. The lowest BCUT2D eigenvalue weighted by molar-refractivity contribution is 0.206. The van der Waals surface area contributed by atoms with Crippen molar-refractivity contribution >= 4 is 44.9 Å². The smallest absolute Gasteiger partial charge is 0.428 e. The van der Waals surface area contributed by atoms with Crippen molar-refractivity contribution in [2.75, 3.05) is 0 Å². The van der Waals surface area contributed by atoms with Gasteiger partial charge in [0, 0.05) is 0 Å². The molecule has 1 aliphatic heterocycles. The van der Waals surface area contributed by atoms with Crippen LogP contribution in [0.4, 0.5) is 4.79 Å². The van der Waals surface area contributed by atoms with Gasteiger partial charge in [-0.1, -0.05) is 0 Å². The van der Waals surface area contributed by atoms with E-state index in [0.717, 1.165) is 0 Å². The molecular weight excluding hydrogens is 220 g/mol. The highest BCUT2D eigenvalue weighted by atomic mass is 28.4. The van der Waals surface area contributed by atoms with Crippen LogP contribution in [0.25, 0.3) is 0 Å². The predicted octanol–water partition coefficient (Wildman–Crippen LogP) is -3.46. The van der Waals surface area contributed by atoms with Gasteiger partial charge in [0.25, 0.3) is 30.0 Å². The summed E-state index contributed by atoms with van der Waals surface area (Å²) in [5.74, 6) is 0. The molecule has 6 nitrogen and oxygen atoms in total. The van der Waals surface area contributed by atoms with E-state index < -0.39 is 44.9 Å². The number of hydrogen-bond donors (Lipinski definition) is 1. The Bertz CT molecular complexity index is 131. The fourth-order valence-corrected chi connectivity index (χ4v) is 8.50. The van der Waals surface area contributed by atoms with Crippen LogP contribution in [-0.2, 0) is 16.5 Å². The lowest BCUT2D eigenvalue weighted by atomic mass is 11.6. The van der Waals surface area contributed by atoms with E-state index in [1.807, 2.05) is 0 Å². The van der Waals surface area contributed by atoms with Crippen molar-refractivity contribution in [1.29, 1.82) is 0 Å². The topological polar surface area (TPSA) is 74.2 Å². The third-order valence-electron chi connectivity index (χ3n) is 0.974. The number of carboxylic acid groups (broad SMARTS) is 1. The van der Waals surface area contributed by atoms with Crippen LogP contribution in [0.1, 0.15) is 0 Å². The quantitative estimate of drug-likeness (QED) is 0.470. The molecule has 64 valence electrons. The molecule has 0 saturated carbocycles. The Hall–Kier alpha value is 0.178. The zero-order chi connectivity index (χ0) is 8.10. The average Bonchev–Trinajstić information content (AvgIpc) is 1.84. The van der Waals surface area contributed by atoms with Gasteiger partial charge in [-0.2, -0.15) is 0 Å². The van der Waals surface area contributed by atoms with Crippen molar-refractivity contribution in [1.82, 2.24) is 0 Å². The first-order valence-electron chi connectivity index (χ1n) is 2.92. The molecule has 1 heterocycles. The molecule has 0 bridgehead atoms. The highest BCUT2D eigenvalue weighted by Crippen LogP contribution is 1.92. The largest absolute Gasteiger partial charge is 0.482 e. The monoisotopic (exact) mass is 228 g/mol. The molecular formula is CH8O6Si4. The maximum Gasteiger partial charge on any atom is 0.428 e. The summed E-state index contributed by atoms with van der Waals surface area (Å²) in [5.41, 5.74) is -0.972. The SMILES string of the molecule is O=C(O)[SiH]1O[SiH2]O[SiH2]O[SiH2]O1. The van der Waals surface area contributed by atoms with Crippen LogP contribution < -0.4 is 0 Å². The van der Waals surface area contributed by atoms with Crippen LogP contribution >= 0.6 is 0 Å². The summed E-state index contributed by atoms with van der Waals surface area (Å²) in [5, 5.41) is 8.51. The standard InChI is InChI=1S/CH8O6Si4/c2-1(3)11-6-9-4-8-5-10-7-11/h11H,8-10H2,(H,2,3). The lowest BCUT2D eigenvalue weighted by Gasteiger charge is -2.16. The van der Waals surface area contributed by atoms with Crippen LogP contribution in [0.15, 0.2) is 0 Å². The molecule has 0 aromatic rings. The second-order valence-corrected chi connectivity index (χ2v) is 9.56. The van der Waals surface area contributed by atoms with E-state index in [-0.39, 0.29) is 0 Å². The summed E-state index contributed by atoms with van der Waals surface area (Å²) in [6, 6.07) is 0. The maximum atomic E-state index is 10.4. The fourth-order valence-electron chi connectivity index (χ4n) is 0.537. The van der Waals surface area contributed by atoms with Crippen molar-refractivity contribution in [3.8, 4) is 0 Å². The van der Waals surface area contributed by atoms with Gasteiger partial charge >= 0.3 is 14.9 Å². The molecule has 0 aliphatic carbocycles. The summed E-state index contributed by atoms with van der Waals surface area (Å²) < 4.78 is 20.0. The Labute approximate surface area is 71.8 Å². The van der Waals surface area contributed by atoms with E-state index >= 15 is 0 Å². The molecule has 0 radical (unpaired) electrons. The molecule has 1 rings (SSSR count). The molecule has 0 atom stereocenters. The third-order valence-corrected chi connectivity index (χ3v) is 7.55. The first-order valence-corrected chi connectivity index (χ1v) is 7.90. The highest BCUT2D eigenvalue weighted by Gasteiger charge is 2.24. The number of hydrogen-bond acceptors (Lipinski definition) is 5. The minimum Gasteiger partial charge on any atom is -0.482 e. The van der Waals surface area contributed by atoms with E-state index in [9.17, 15) is 4.79 Å². The van der Waals surface area contributed by atoms with Crippen molar-refractivity contribution in [2.24, 2.45) is 0 Å². The van der Waals surface area contributed by atoms with Gasteiger partial charge in [0.1, 0.15) is 0 Å². The van der Waals surface area contributed by atoms with Gasteiger partial charge < -0.3 is 21.6 Å². The van der Waals surface area contributed by atoms with Gasteiger partial charge in [0.2, 0.25) is 0 Å². The van der Waals surface area contributed by atoms with E-state index in [4.69, 9.17) is 21.6 Å². The van der Waals surface area contributed by atoms with Crippen LogP contribution in [0.5, 0.6) is 0 Å². The van der Waals surface area contributed by atoms with Crippen LogP contribution in [-0.4, -0.2) is 50.0 Å². The summed E-state index contributed by atoms with van der Waals surface area (Å²) in [6.07, 6.45) is 0. The summed E-state index contributed by atoms with van der Waals surface area (Å²) in [6.45, 7) is 0. The zero-order valence-corrected chi connectivity index (χ0v) is 11.1. The second kappa shape index (κ2) is 4.94. The molecule has 1 saturated heterocycles. The molecule has 0 spiro atoms. The van der Waals surface area contributed by atoms with Gasteiger partial charge in [0.15, 0.2) is 0 Å². The first-order chi connectivity index (χ1) is 5.30. The summed E-state index contributed by atoms with van der Waals surface area (Å²) in [4.78, 5) is 10.4. The highest BCUT2D eigenvalue weighted by molar-refractivity contribution is 6.83.